The van der Waals surface area contributed by atoms with Crippen LogP contribution in [0.25, 0.3) is 0 Å². The van der Waals surface area contributed by atoms with Crippen molar-refractivity contribution >= 4 is 5.91 Å². The maximum atomic E-state index is 11.3. The molecule has 0 heterocycles. The van der Waals surface area contributed by atoms with Gasteiger partial charge in [-0.25, -0.2) is 0 Å². The molecule has 5 nitrogen and oxygen atoms in total. The van der Waals surface area contributed by atoms with Crippen molar-refractivity contribution in [1.82, 2.24) is 5.32 Å². The predicted molar refractivity (Wildman–Crippen MR) is 56.2 cm³/mol. The lowest BCUT2D eigenvalue weighted by Crippen LogP contribution is -2.46. The molecule has 0 aliphatic heterocycles. The van der Waals surface area contributed by atoms with Crippen molar-refractivity contribution in [3.8, 4) is 0 Å². The standard InChI is InChI=1S/C10H21NO4/c1-4-7(12)5-11-10(15)9(14)8(13)6(2)3/h6-9,12-14H,4-5H2,1-3H3,(H,11,15)/t7?,8-,9+/m0/s1. The van der Waals surface area contributed by atoms with Gasteiger partial charge in [0, 0.05) is 6.54 Å². The van der Waals surface area contributed by atoms with Gasteiger partial charge in [0.25, 0.3) is 5.91 Å². The van der Waals surface area contributed by atoms with Crippen LogP contribution in [-0.4, -0.2) is 46.1 Å². The van der Waals surface area contributed by atoms with Gasteiger partial charge in [-0.15, -0.1) is 0 Å². The van der Waals surface area contributed by atoms with E-state index in [0.717, 1.165) is 0 Å². The molecule has 0 aromatic carbocycles. The van der Waals surface area contributed by atoms with Crippen LogP contribution < -0.4 is 5.32 Å². The summed E-state index contributed by atoms with van der Waals surface area (Å²) in [5.74, 6) is -0.842. The van der Waals surface area contributed by atoms with Gasteiger partial charge in [0.1, 0.15) is 0 Å². The molecule has 4 N–H and O–H groups in total. The van der Waals surface area contributed by atoms with Crippen molar-refractivity contribution in [2.24, 2.45) is 5.92 Å². The molecule has 0 aromatic heterocycles. The normalized spacial score (nSPS) is 17.3. The number of carbonyl (C=O) groups excluding carboxylic acids is 1. The van der Waals surface area contributed by atoms with Crippen LogP contribution in [0.15, 0.2) is 0 Å². The summed E-state index contributed by atoms with van der Waals surface area (Å²) < 4.78 is 0. The summed E-state index contributed by atoms with van der Waals surface area (Å²) >= 11 is 0. The van der Waals surface area contributed by atoms with Crippen LogP contribution in [0.4, 0.5) is 0 Å². The fraction of sp³-hybridized carbons (Fsp3) is 0.900. The zero-order valence-corrected chi connectivity index (χ0v) is 9.47. The fourth-order valence-corrected chi connectivity index (χ4v) is 0.987. The van der Waals surface area contributed by atoms with E-state index < -0.39 is 24.2 Å². The van der Waals surface area contributed by atoms with E-state index in [-0.39, 0.29) is 12.5 Å². The minimum Gasteiger partial charge on any atom is -0.391 e. The van der Waals surface area contributed by atoms with Gasteiger partial charge < -0.3 is 20.6 Å². The molecule has 0 fully saturated rings. The molecule has 0 saturated carbocycles. The average Bonchev–Trinajstić information content (AvgIpc) is 2.22. The van der Waals surface area contributed by atoms with E-state index >= 15 is 0 Å². The van der Waals surface area contributed by atoms with Gasteiger partial charge in [-0.3, -0.25) is 4.79 Å². The fourth-order valence-electron chi connectivity index (χ4n) is 0.987. The number of rotatable bonds is 6. The van der Waals surface area contributed by atoms with Crippen molar-refractivity contribution in [2.45, 2.75) is 45.5 Å². The second-order valence-electron chi connectivity index (χ2n) is 3.99. The number of nitrogens with one attached hydrogen (secondary N) is 1. The first-order valence-corrected chi connectivity index (χ1v) is 5.22. The molecule has 90 valence electrons. The number of aliphatic hydroxyl groups is 3. The number of aliphatic hydroxyl groups excluding tert-OH is 3. The molecule has 0 aliphatic rings. The molecule has 0 bridgehead atoms. The summed E-state index contributed by atoms with van der Waals surface area (Å²) in [5.41, 5.74) is 0. The highest BCUT2D eigenvalue weighted by Crippen LogP contribution is 2.06. The van der Waals surface area contributed by atoms with Crippen molar-refractivity contribution < 1.29 is 20.1 Å². The van der Waals surface area contributed by atoms with Crippen LogP contribution in [0, 0.1) is 5.92 Å². The number of hydrogen-bond acceptors (Lipinski definition) is 4. The Kier molecular flexibility index (Phi) is 6.47. The first kappa shape index (κ1) is 14.3. The van der Waals surface area contributed by atoms with Crippen LogP contribution >= 0.6 is 0 Å². The molecular formula is C10H21NO4. The quantitative estimate of drug-likeness (QED) is 0.473. The Balaban J connectivity index is 3.99. The van der Waals surface area contributed by atoms with Crippen LogP contribution in [0.2, 0.25) is 0 Å². The zero-order chi connectivity index (χ0) is 12.0. The number of carbonyl (C=O) groups is 1. The third-order valence-corrected chi connectivity index (χ3v) is 2.26. The van der Waals surface area contributed by atoms with E-state index in [4.69, 9.17) is 0 Å². The Hall–Kier alpha value is -0.650. The smallest absolute Gasteiger partial charge is 0.251 e. The van der Waals surface area contributed by atoms with E-state index in [1.807, 2.05) is 0 Å². The van der Waals surface area contributed by atoms with Crippen LogP contribution in [0.1, 0.15) is 27.2 Å². The third-order valence-electron chi connectivity index (χ3n) is 2.26. The van der Waals surface area contributed by atoms with Crippen LogP contribution in [0.3, 0.4) is 0 Å². The monoisotopic (exact) mass is 219 g/mol. The van der Waals surface area contributed by atoms with Crippen LogP contribution in [0.5, 0.6) is 0 Å². The minimum atomic E-state index is -1.44. The Bertz CT molecular complexity index is 196. The molecule has 0 rings (SSSR count). The predicted octanol–water partition coefficient (Wildman–Crippen LogP) is -0.749. The summed E-state index contributed by atoms with van der Waals surface area (Å²) in [6.45, 7) is 5.30. The second-order valence-corrected chi connectivity index (χ2v) is 3.99. The molecule has 0 radical (unpaired) electrons. The molecule has 1 unspecified atom stereocenters. The van der Waals surface area contributed by atoms with E-state index in [9.17, 15) is 20.1 Å². The Labute approximate surface area is 90.1 Å². The van der Waals surface area contributed by atoms with Crippen molar-refractivity contribution in [3.05, 3.63) is 0 Å². The first-order valence-electron chi connectivity index (χ1n) is 5.22. The van der Waals surface area contributed by atoms with Crippen molar-refractivity contribution in [2.75, 3.05) is 6.54 Å². The molecule has 0 saturated heterocycles. The third kappa shape index (κ3) is 5.11. The van der Waals surface area contributed by atoms with E-state index in [2.05, 4.69) is 5.32 Å². The van der Waals surface area contributed by atoms with Gasteiger partial charge in [0.15, 0.2) is 6.10 Å². The molecule has 0 aromatic rings. The van der Waals surface area contributed by atoms with Crippen molar-refractivity contribution in [1.29, 1.82) is 0 Å². The van der Waals surface area contributed by atoms with E-state index in [1.165, 1.54) is 0 Å². The number of hydrogen-bond donors (Lipinski definition) is 4. The second kappa shape index (κ2) is 6.76. The lowest BCUT2D eigenvalue weighted by molar-refractivity contribution is -0.137. The number of amides is 1. The van der Waals surface area contributed by atoms with Gasteiger partial charge in [0.05, 0.1) is 12.2 Å². The van der Waals surface area contributed by atoms with Gasteiger partial charge >= 0.3 is 0 Å². The van der Waals surface area contributed by atoms with E-state index in [1.54, 1.807) is 20.8 Å². The summed E-state index contributed by atoms with van der Waals surface area (Å²) in [6, 6.07) is 0. The lowest BCUT2D eigenvalue weighted by Gasteiger charge is -2.20. The topological polar surface area (TPSA) is 89.8 Å². The maximum Gasteiger partial charge on any atom is 0.251 e. The maximum absolute atomic E-state index is 11.3. The summed E-state index contributed by atoms with van der Waals surface area (Å²) in [7, 11) is 0. The Morgan fingerprint density at radius 3 is 2.20 bits per heavy atom. The highest BCUT2D eigenvalue weighted by atomic mass is 16.3. The largest absolute Gasteiger partial charge is 0.391 e. The molecule has 5 heteroatoms. The molecule has 0 spiro atoms. The average molecular weight is 219 g/mol. The minimum absolute atomic E-state index is 0.0945. The van der Waals surface area contributed by atoms with Crippen molar-refractivity contribution in [3.63, 3.8) is 0 Å². The van der Waals surface area contributed by atoms with Gasteiger partial charge in [-0.1, -0.05) is 20.8 Å². The zero-order valence-electron chi connectivity index (χ0n) is 9.47. The van der Waals surface area contributed by atoms with E-state index in [0.29, 0.717) is 6.42 Å². The SMILES string of the molecule is CCC(O)CNC(=O)[C@H](O)[C@@H](O)C(C)C. The highest BCUT2D eigenvalue weighted by Gasteiger charge is 2.26. The summed E-state index contributed by atoms with van der Waals surface area (Å²) in [6.07, 6.45) is -2.60. The lowest BCUT2D eigenvalue weighted by atomic mass is 10.0. The summed E-state index contributed by atoms with van der Waals surface area (Å²) in [5, 5.41) is 30.4. The molecular weight excluding hydrogens is 198 g/mol. The molecule has 3 atom stereocenters. The van der Waals surface area contributed by atoms with Gasteiger partial charge in [0.2, 0.25) is 0 Å². The summed E-state index contributed by atoms with van der Waals surface area (Å²) in [4.78, 5) is 11.3. The highest BCUT2D eigenvalue weighted by molar-refractivity contribution is 5.81. The van der Waals surface area contributed by atoms with Gasteiger partial charge in [-0.2, -0.15) is 0 Å². The van der Waals surface area contributed by atoms with Crippen LogP contribution in [-0.2, 0) is 4.79 Å². The molecule has 15 heavy (non-hydrogen) atoms. The Morgan fingerprint density at radius 2 is 1.80 bits per heavy atom. The Morgan fingerprint density at radius 1 is 1.27 bits per heavy atom. The molecule has 1 amide bonds. The van der Waals surface area contributed by atoms with Gasteiger partial charge in [-0.05, 0) is 12.3 Å². The first-order chi connectivity index (χ1) is 6.90. The molecule has 0 aliphatic carbocycles.